The van der Waals surface area contributed by atoms with Crippen LogP contribution in [0.1, 0.15) is 30.7 Å². The van der Waals surface area contributed by atoms with Crippen molar-refractivity contribution in [1.82, 2.24) is 0 Å². The van der Waals surface area contributed by atoms with E-state index in [1.807, 2.05) is 12.1 Å². The number of rotatable bonds is 4. The molecular weight excluding hydrogens is 190 g/mol. The van der Waals surface area contributed by atoms with Crippen LogP contribution in [0.5, 0.6) is 0 Å². The number of carboxylic acid groups (broad SMARTS) is 1. The van der Waals surface area contributed by atoms with Crippen molar-refractivity contribution < 1.29 is 9.90 Å². The smallest absolute Gasteiger partial charge is 0.303 e. The van der Waals surface area contributed by atoms with Crippen molar-refractivity contribution in [2.24, 2.45) is 0 Å². The fraction of sp³-hybridized carbons (Fsp3) is 0.417. The summed E-state index contributed by atoms with van der Waals surface area (Å²) >= 11 is 0. The predicted molar refractivity (Wildman–Crippen MR) is 59.2 cm³/mol. The van der Waals surface area contributed by atoms with Gasteiger partial charge < -0.3 is 10.4 Å². The zero-order valence-electron chi connectivity index (χ0n) is 8.57. The largest absolute Gasteiger partial charge is 0.481 e. The highest BCUT2D eigenvalue weighted by molar-refractivity contribution is 5.66. The van der Waals surface area contributed by atoms with Crippen molar-refractivity contribution in [3.63, 3.8) is 0 Å². The standard InChI is InChI=1S/C12H15NO2/c14-12(15)7-3-4-9-8-13-11-6-2-1-5-10(9)11/h1-2,5-6,9,13H,3-4,7-8H2,(H,14,15). The lowest BCUT2D eigenvalue weighted by Crippen LogP contribution is -2.03. The molecule has 1 aromatic carbocycles. The Kier molecular flexibility index (Phi) is 2.90. The van der Waals surface area contributed by atoms with Gasteiger partial charge in [-0.3, -0.25) is 4.79 Å². The molecule has 2 rings (SSSR count). The summed E-state index contributed by atoms with van der Waals surface area (Å²) in [7, 11) is 0. The molecule has 0 aromatic heterocycles. The van der Waals surface area contributed by atoms with E-state index >= 15 is 0 Å². The highest BCUT2D eigenvalue weighted by Gasteiger charge is 2.20. The Bertz CT molecular complexity index is 362. The van der Waals surface area contributed by atoms with Crippen LogP contribution in [-0.2, 0) is 4.79 Å². The topological polar surface area (TPSA) is 49.3 Å². The van der Waals surface area contributed by atoms with E-state index in [-0.39, 0.29) is 6.42 Å². The first-order chi connectivity index (χ1) is 7.27. The number of nitrogens with one attached hydrogen (secondary N) is 1. The van der Waals surface area contributed by atoms with Crippen LogP contribution in [0.15, 0.2) is 24.3 Å². The number of hydrogen-bond donors (Lipinski definition) is 2. The van der Waals surface area contributed by atoms with E-state index in [0.29, 0.717) is 5.92 Å². The van der Waals surface area contributed by atoms with Gasteiger partial charge in [0, 0.05) is 24.6 Å². The van der Waals surface area contributed by atoms with Crippen LogP contribution in [0.4, 0.5) is 5.69 Å². The monoisotopic (exact) mass is 205 g/mol. The Balaban J connectivity index is 1.93. The molecule has 1 unspecified atom stereocenters. The van der Waals surface area contributed by atoms with E-state index < -0.39 is 5.97 Å². The van der Waals surface area contributed by atoms with Gasteiger partial charge in [-0.2, -0.15) is 0 Å². The third kappa shape index (κ3) is 2.29. The Hall–Kier alpha value is -1.51. The predicted octanol–water partition coefficient (Wildman–Crippen LogP) is 2.45. The molecule has 0 saturated carbocycles. The van der Waals surface area contributed by atoms with E-state index in [4.69, 9.17) is 5.11 Å². The molecule has 0 bridgehead atoms. The molecule has 15 heavy (non-hydrogen) atoms. The van der Waals surface area contributed by atoms with E-state index in [0.717, 1.165) is 19.4 Å². The third-order valence-corrected chi connectivity index (χ3v) is 2.88. The maximum Gasteiger partial charge on any atom is 0.303 e. The lowest BCUT2D eigenvalue weighted by Gasteiger charge is -2.08. The summed E-state index contributed by atoms with van der Waals surface area (Å²) in [6.07, 6.45) is 1.99. The molecule has 0 saturated heterocycles. The number of carboxylic acids is 1. The van der Waals surface area contributed by atoms with Crippen LogP contribution in [0.25, 0.3) is 0 Å². The lowest BCUT2D eigenvalue weighted by molar-refractivity contribution is -0.137. The molecule has 1 aromatic rings. The van der Waals surface area contributed by atoms with Gasteiger partial charge in [0.2, 0.25) is 0 Å². The van der Waals surface area contributed by atoms with Gasteiger partial charge in [-0.1, -0.05) is 18.2 Å². The van der Waals surface area contributed by atoms with Crippen LogP contribution in [0, 0.1) is 0 Å². The molecule has 1 atom stereocenters. The second-order valence-electron chi connectivity index (χ2n) is 3.95. The first-order valence-corrected chi connectivity index (χ1v) is 5.32. The average molecular weight is 205 g/mol. The molecule has 80 valence electrons. The van der Waals surface area contributed by atoms with Crippen LogP contribution in [0.2, 0.25) is 0 Å². The summed E-state index contributed by atoms with van der Waals surface area (Å²) in [5.41, 5.74) is 2.54. The molecular formula is C12H15NO2. The minimum atomic E-state index is -0.700. The summed E-state index contributed by atoms with van der Waals surface area (Å²) in [4.78, 5) is 10.4. The van der Waals surface area contributed by atoms with Crippen molar-refractivity contribution in [2.75, 3.05) is 11.9 Å². The van der Waals surface area contributed by atoms with Gasteiger partial charge in [0.25, 0.3) is 0 Å². The van der Waals surface area contributed by atoms with E-state index in [1.54, 1.807) is 0 Å². The molecule has 1 aliphatic rings. The maximum absolute atomic E-state index is 10.4. The summed E-state index contributed by atoms with van der Waals surface area (Å²) in [5.74, 6) is -0.213. The van der Waals surface area contributed by atoms with Crippen molar-refractivity contribution in [3.05, 3.63) is 29.8 Å². The number of aliphatic carboxylic acids is 1. The van der Waals surface area contributed by atoms with Crippen molar-refractivity contribution in [2.45, 2.75) is 25.2 Å². The van der Waals surface area contributed by atoms with Gasteiger partial charge >= 0.3 is 5.97 Å². The van der Waals surface area contributed by atoms with Crippen molar-refractivity contribution >= 4 is 11.7 Å². The summed E-state index contributed by atoms with van der Waals surface area (Å²) in [5, 5.41) is 11.9. The summed E-state index contributed by atoms with van der Waals surface area (Å²) in [6.45, 7) is 0.943. The van der Waals surface area contributed by atoms with E-state index in [2.05, 4.69) is 17.4 Å². The van der Waals surface area contributed by atoms with Gasteiger partial charge in [-0.05, 0) is 24.5 Å². The fourth-order valence-corrected chi connectivity index (χ4v) is 2.11. The zero-order valence-corrected chi connectivity index (χ0v) is 8.57. The second kappa shape index (κ2) is 4.34. The van der Waals surface area contributed by atoms with Crippen molar-refractivity contribution in [1.29, 1.82) is 0 Å². The Morgan fingerprint density at radius 3 is 3.07 bits per heavy atom. The van der Waals surface area contributed by atoms with Crippen LogP contribution in [0.3, 0.4) is 0 Å². The van der Waals surface area contributed by atoms with Crippen LogP contribution >= 0.6 is 0 Å². The average Bonchev–Trinajstić information content (AvgIpc) is 2.62. The Labute approximate surface area is 89.1 Å². The fourth-order valence-electron chi connectivity index (χ4n) is 2.11. The number of para-hydroxylation sites is 1. The third-order valence-electron chi connectivity index (χ3n) is 2.88. The summed E-state index contributed by atoms with van der Waals surface area (Å²) in [6, 6.07) is 8.26. The quantitative estimate of drug-likeness (QED) is 0.793. The Morgan fingerprint density at radius 2 is 2.27 bits per heavy atom. The number of hydrogen-bond acceptors (Lipinski definition) is 2. The molecule has 0 spiro atoms. The lowest BCUT2D eigenvalue weighted by atomic mass is 9.96. The normalized spacial score (nSPS) is 18.3. The van der Waals surface area contributed by atoms with E-state index in [1.165, 1.54) is 11.3 Å². The molecule has 0 fully saturated rings. The molecule has 1 aliphatic heterocycles. The highest BCUT2D eigenvalue weighted by Crippen LogP contribution is 2.34. The molecule has 0 radical (unpaired) electrons. The first kappa shape index (κ1) is 10.0. The molecule has 2 N–H and O–H groups in total. The zero-order chi connectivity index (χ0) is 10.7. The van der Waals surface area contributed by atoms with Gasteiger partial charge in [0.1, 0.15) is 0 Å². The maximum atomic E-state index is 10.4. The molecule has 3 heteroatoms. The SMILES string of the molecule is O=C(O)CCCC1CNc2ccccc21. The van der Waals surface area contributed by atoms with E-state index in [9.17, 15) is 4.79 Å². The number of anilines is 1. The van der Waals surface area contributed by atoms with Gasteiger partial charge in [0.15, 0.2) is 0 Å². The Morgan fingerprint density at radius 1 is 1.47 bits per heavy atom. The molecule has 0 amide bonds. The minimum absolute atomic E-state index is 0.276. The number of benzene rings is 1. The molecule has 0 aliphatic carbocycles. The number of fused-ring (bicyclic) bond motifs is 1. The first-order valence-electron chi connectivity index (χ1n) is 5.32. The van der Waals surface area contributed by atoms with Crippen LogP contribution < -0.4 is 5.32 Å². The van der Waals surface area contributed by atoms with Crippen LogP contribution in [-0.4, -0.2) is 17.6 Å². The van der Waals surface area contributed by atoms with Gasteiger partial charge in [-0.15, -0.1) is 0 Å². The van der Waals surface area contributed by atoms with Crippen molar-refractivity contribution in [3.8, 4) is 0 Å². The van der Waals surface area contributed by atoms with Gasteiger partial charge in [-0.25, -0.2) is 0 Å². The van der Waals surface area contributed by atoms with Gasteiger partial charge in [0.05, 0.1) is 0 Å². The highest BCUT2D eigenvalue weighted by atomic mass is 16.4. The summed E-state index contributed by atoms with van der Waals surface area (Å²) < 4.78 is 0. The second-order valence-corrected chi connectivity index (χ2v) is 3.95. The number of carbonyl (C=O) groups is 1. The molecule has 3 nitrogen and oxygen atoms in total. The molecule has 1 heterocycles. The minimum Gasteiger partial charge on any atom is -0.481 e.